The van der Waals surface area contributed by atoms with Crippen molar-refractivity contribution in [2.45, 2.75) is 13.3 Å². The normalized spacial score (nSPS) is 8.58. The Morgan fingerprint density at radius 3 is 2.67 bits per heavy atom. The molecule has 1 radical (unpaired) electrons. The second-order valence-corrected chi connectivity index (χ2v) is 2.32. The number of benzene rings is 1. The van der Waals surface area contributed by atoms with Gasteiger partial charge in [-0.05, 0) is 18.1 Å². The van der Waals surface area contributed by atoms with Crippen molar-refractivity contribution in [3.8, 4) is 12.1 Å². The molecule has 2 heteroatoms. The molecule has 12 heavy (non-hydrogen) atoms. The summed E-state index contributed by atoms with van der Waals surface area (Å²) in [5.41, 5.74) is 1.85. The zero-order valence-electron chi connectivity index (χ0n) is 6.76. The lowest BCUT2D eigenvalue weighted by Crippen LogP contribution is -1.92. The molecule has 1 aromatic rings. The molecule has 0 amide bonds. The van der Waals surface area contributed by atoms with Crippen molar-refractivity contribution in [1.29, 1.82) is 10.5 Å². The van der Waals surface area contributed by atoms with Crippen LogP contribution in [-0.4, -0.2) is 0 Å². The molecule has 0 bridgehead atoms. The average molecular weight is 155 g/mol. The van der Waals surface area contributed by atoms with Crippen molar-refractivity contribution in [1.82, 2.24) is 0 Å². The Morgan fingerprint density at radius 2 is 2.17 bits per heavy atom. The van der Waals surface area contributed by atoms with E-state index in [4.69, 9.17) is 10.5 Å². The van der Waals surface area contributed by atoms with Crippen LogP contribution in [0.5, 0.6) is 0 Å². The van der Waals surface area contributed by atoms with Gasteiger partial charge in [-0.2, -0.15) is 10.5 Å². The minimum absolute atomic E-state index is 0.483. The Hall–Kier alpha value is -1.80. The minimum atomic E-state index is 0.483. The molecule has 0 spiro atoms. The molecule has 0 fully saturated rings. The van der Waals surface area contributed by atoms with E-state index in [1.165, 1.54) is 0 Å². The summed E-state index contributed by atoms with van der Waals surface area (Å²) < 4.78 is 0. The van der Waals surface area contributed by atoms with Crippen LogP contribution in [0.4, 0.5) is 0 Å². The van der Waals surface area contributed by atoms with Crippen molar-refractivity contribution < 1.29 is 0 Å². The van der Waals surface area contributed by atoms with Gasteiger partial charge in [0.2, 0.25) is 0 Å². The van der Waals surface area contributed by atoms with E-state index in [0.717, 1.165) is 5.56 Å². The van der Waals surface area contributed by atoms with Gasteiger partial charge in [0.25, 0.3) is 0 Å². The van der Waals surface area contributed by atoms with Gasteiger partial charge in [-0.3, -0.25) is 0 Å². The van der Waals surface area contributed by atoms with Gasteiger partial charge in [0.05, 0.1) is 17.2 Å². The van der Waals surface area contributed by atoms with E-state index in [1.54, 1.807) is 12.1 Å². The highest BCUT2D eigenvalue weighted by Gasteiger charge is 2.04. The van der Waals surface area contributed by atoms with Gasteiger partial charge in [0, 0.05) is 6.07 Å². The van der Waals surface area contributed by atoms with Crippen molar-refractivity contribution in [2.24, 2.45) is 0 Å². The topological polar surface area (TPSA) is 47.6 Å². The maximum atomic E-state index is 8.70. The van der Waals surface area contributed by atoms with E-state index in [0.29, 0.717) is 17.5 Å². The molecule has 2 nitrogen and oxygen atoms in total. The van der Waals surface area contributed by atoms with E-state index in [9.17, 15) is 0 Å². The van der Waals surface area contributed by atoms with E-state index < -0.39 is 0 Å². The predicted molar refractivity (Wildman–Crippen MR) is 44.1 cm³/mol. The number of rotatable bonds is 1. The first-order valence-electron chi connectivity index (χ1n) is 3.67. The minimum Gasteiger partial charge on any atom is -0.192 e. The van der Waals surface area contributed by atoms with Crippen LogP contribution in [0.3, 0.4) is 0 Å². The standard InChI is InChI=1S/C10H7N2/c1-2-10-8(6-11)4-3-5-9(10)7-12/h3-4H,2H2,1H3. The van der Waals surface area contributed by atoms with Crippen molar-refractivity contribution in [3.63, 3.8) is 0 Å². The van der Waals surface area contributed by atoms with Crippen LogP contribution in [0.15, 0.2) is 12.1 Å². The van der Waals surface area contributed by atoms with Crippen LogP contribution in [0.2, 0.25) is 0 Å². The summed E-state index contributed by atoms with van der Waals surface area (Å²) >= 11 is 0. The monoisotopic (exact) mass is 155 g/mol. The molecule has 0 saturated heterocycles. The summed E-state index contributed by atoms with van der Waals surface area (Å²) in [5.74, 6) is 0. The predicted octanol–water partition coefficient (Wildman–Crippen LogP) is 1.79. The summed E-state index contributed by atoms with van der Waals surface area (Å²) in [7, 11) is 0. The highest BCUT2D eigenvalue weighted by molar-refractivity contribution is 5.47. The molecule has 0 saturated carbocycles. The average Bonchev–Trinajstić information content (AvgIpc) is 2.16. The lowest BCUT2D eigenvalue weighted by atomic mass is 10.0. The fourth-order valence-electron chi connectivity index (χ4n) is 1.10. The van der Waals surface area contributed by atoms with Crippen molar-refractivity contribution >= 4 is 0 Å². The maximum Gasteiger partial charge on any atom is 0.100 e. The van der Waals surface area contributed by atoms with E-state index >= 15 is 0 Å². The molecule has 1 rings (SSSR count). The van der Waals surface area contributed by atoms with Crippen molar-refractivity contribution in [2.75, 3.05) is 0 Å². The van der Waals surface area contributed by atoms with E-state index in [2.05, 4.69) is 12.1 Å². The van der Waals surface area contributed by atoms with Gasteiger partial charge in [-0.15, -0.1) is 0 Å². The molecular formula is C10H7N2. The first-order valence-corrected chi connectivity index (χ1v) is 3.67. The summed E-state index contributed by atoms with van der Waals surface area (Å²) in [6.45, 7) is 1.92. The second kappa shape index (κ2) is 3.55. The van der Waals surface area contributed by atoms with Crippen LogP contribution >= 0.6 is 0 Å². The third-order valence-corrected chi connectivity index (χ3v) is 1.69. The SMILES string of the molecule is CCc1c(C#N)[c]ccc1C#N. The molecule has 1 aromatic carbocycles. The third-order valence-electron chi connectivity index (χ3n) is 1.69. The molecule has 57 valence electrons. The Bertz CT molecular complexity index is 334. The summed E-state index contributed by atoms with van der Waals surface area (Å²) in [6.07, 6.45) is 0.698. The van der Waals surface area contributed by atoms with Crippen LogP contribution in [0.1, 0.15) is 23.6 Å². The number of hydrogen-bond acceptors (Lipinski definition) is 2. The lowest BCUT2D eigenvalue weighted by molar-refractivity contribution is 1.11. The van der Waals surface area contributed by atoms with Crippen molar-refractivity contribution in [3.05, 3.63) is 34.9 Å². The highest BCUT2D eigenvalue weighted by atomic mass is 14.3. The summed E-state index contributed by atoms with van der Waals surface area (Å²) in [5, 5.41) is 17.4. The zero-order chi connectivity index (χ0) is 8.97. The number of nitrogens with zero attached hydrogens (tertiary/aromatic N) is 2. The molecule has 0 aliphatic rings. The zero-order valence-corrected chi connectivity index (χ0v) is 6.76. The molecule has 0 aliphatic carbocycles. The maximum absolute atomic E-state index is 8.70. The Balaban J connectivity index is 3.37. The van der Waals surface area contributed by atoms with Gasteiger partial charge in [-0.1, -0.05) is 13.0 Å². The van der Waals surface area contributed by atoms with Crippen LogP contribution < -0.4 is 0 Å². The molecule has 0 N–H and O–H groups in total. The fraction of sp³-hybridized carbons (Fsp3) is 0.200. The van der Waals surface area contributed by atoms with Crippen LogP contribution in [0.25, 0.3) is 0 Å². The second-order valence-electron chi connectivity index (χ2n) is 2.32. The largest absolute Gasteiger partial charge is 0.192 e. The Morgan fingerprint density at radius 1 is 1.42 bits per heavy atom. The first kappa shape index (κ1) is 8.30. The Kier molecular flexibility index (Phi) is 2.46. The van der Waals surface area contributed by atoms with Gasteiger partial charge in [-0.25, -0.2) is 0 Å². The van der Waals surface area contributed by atoms with Gasteiger partial charge < -0.3 is 0 Å². The molecule has 0 unspecified atom stereocenters. The highest BCUT2D eigenvalue weighted by Crippen LogP contribution is 2.12. The van der Waals surface area contributed by atoms with Crippen LogP contribution in [0, 0.1) is 28.7 Å². The van der Waals surface area contributed by atoms with Gasteiger partial charge in [0.15, 0.2) is 0 Å². The molecular weight excluding hydrogens is 148 g/mol. The molecule has 0 heterocycles. The molecule has 0 aromatic heterocycles. The van der Waals surface area contributed by atoms with Gasteiger partial charge >= 0.3 is 0 Å². The third kappa shape index (κ3) is 1.28. The van der Waals surface area contributed by atoms with Crippen LogP contribution in [-0.2, 0) is 6.42 Å². The van der Waals surface area contributed by atoms with Gasteiger partial charge in [0.1, 0.15) is 6.07 Å². The fourth-order valence-corrected chi connectivity index (χ4v) is 1.10. The molecule has 0 aliphatic heterocycles. The first-order chi connectivity index (χ1) is 5.83. The summed E-state index contributed by atoms with van der Waals surface area (Å²) in [6, 6.07) is 10.2. The number of nitriles is 2. The molecule has 0 atom stereocenters. The number of hydrogen-bond donors (Lipinski definition) is 0. The lowest BCUT2D eigenvalue weighted by Gasteiger charge is -2.00. The smallest absolute Gasteiger partial charge is 0.100 e. The van der Waals surface area contributed by atoms with E-state index in [-0.39, 0.29) is 0 Å². The summed E-state index contributed by atoms with van der Waals surface area (Å²) in [4.78, 5) is 0. The van der Waals surface area contributed by atoms with E-state index in [1.807, 2.05) is 13.0 Å². The Labute approximate surface area is 71.7 Å². The quantitative estimate of drug-likeness (QED) is 0.620.